The molecular formula is C14H13NO5. The fourth-order valence-electron chi connectivity index (χ4n) is 2.09. The highest BCUT2D eigenvalue weighted by Gasteiger charge is 2.20. The van der Waals surface area contributed by atoms with Crippen LogP contribution in [0.15, 0.2) is 24.3 Å². The van der Waals surface area contributed by atoms with Crippen molar-refractivity contribution < 1.29 is 24.6 Å². The van der Waals surface area contributed by atoms with Crippen molar-refractivity contribution in [1.82, 2.24) is 4.57 Å². The predicted octanol–water partition coefficient (Wildman–Crippen LogP) is 2.15. The van der Waals surface area contributed by atoms with Gasteiger partial charge in [-0.3, -0.25) is 14.2 Å². The molecule has 6 heteroatoms. The third-order valence-corrected chi connectivity index (χ3v) is 2.98. The molecule has 0 aliphatic heterocycles. The maximum atomic E-state index is 12.1. The normalized spacial score (nSPS) is 10.7. The molecule has 0 aliphatic carbocycles. The van der Waals surface area contributed by atoms with Gasteiger partial charge in [-0.2, -0.15) is 0 Å². The molecule has 0 radical (unpaired) electrons. The van der Waals surface area contributed by atoms with E-state index in [1.54, 1.807) is 18.2 Å². The number of aromatic nitrogens is 1. The van der Waals surface area contributed by atoms with Crippen LogP contribution in [0.5, 0.6) is 0 Å². The number of hydrogen-bond donors (Lipinski definition) is 2. The van der Waals surface area contributed by atoms with Crippen LogP contribution >= 0.6 is 0 Å². The van der Waals surface area contributed by atoms with Crippen LogP contribution in [0.3, 0.4) is 0 Å². The molecule has 20 heavy (non-hydrogen) atoms. The number of hydrogen-bond acceptors (Lipinski definition) is 3. The second kappa shape index (κ2) is 5.16. The number of carboxylic acid groups (broad SMARTS) is 2. The van der Waals surface area contributed by atoms with E-state index in [9.17, 15) is 19.5 Å². The van der Waals surface area contributed by atoms with Gasteiger partial charge >= 0.3 is 11.9 Å². The predicted molar refractivity (Wildman–Crippen MR) is 71.1 cm³/mol. The number of aliphatic carboxylic acids is 1. The van der Waals surface area contributed by atoms with Crippen LogP contribution in [-0.2, 0) is 4.79 Å². The summed E-state index contributed by atoms with van der Waals surface area (Å²) in [5.41, 5.74) is 1.27. The Morgan fingerprint density at radius 3 is 2.40 bits per heavy atom. The van der Waals surface area contributed by atoms with Crippen molar-refractivity contribution in [1.29, 1.82) is 0 Å². The first-order valence-corrected chi connectivity index (χ1v) is 6.00. The third-order valence-electron chi connectivity index (χ3n) is 2.98. The number of aryl methyl sites for hydroxylation is 1. The Hall–Kier alpha value is -2.63. The van der Waals surface area contributed by atoms with Gasteiger partial charge in [-0.05, 0) is 25.1 Å². The topological polar surface area (TPSA) is 96.6 Å². The van der Waals surface area contributed by atoms with Crippen LogP contribution in [0.1, 0.15) is 33.7 Å². The van der Waals surface area contributed by atoms with E-state index in [2.05, 4.69) is 0 Å². The SMILES string of the molecule is Cc1ccc2c(c1)cc(C(=O)O)n2C(=O)CCC(=O)O. The molecule has 0 amide bonds. The van der Waals surface area contributed by atoms with Crippen LogP contribution in [0.25, 0.3) is 10.9 Å². The number of fused-ring (bicyclic) bond motifs is 1. The highest BCUT2D eigenvalue weighted by atomic mass is 16.4. The van der Waals surface area contributed by atoms with Gasteiger partial charge in [0.1, 0.15) is 5.69 Å². The standard InChI is InChI=1S/C14H13NO5/c1-8-2-3-10-9(6-8)7-11(14(19)20)15(10)12(16)4-5-13(17)18/h2-3,6-7H,4-5H2,1H3,(H,17,18)(H,19,20). The van der Waals surface area contributed by atoms with Crippen LogP contribution < -0.4 is 0 Å². The Labute approximate surface area is 114 Å². The van der Waals surface area contributed by atoms with Crippen LogP contribution in [-0.4, -0.2) is 32.6 Å². The molecule has 0 unspecified atom stereocenters. The van der Waals surface area contributed by atoms with E-state index >= 15 is 0 Å². The van der Waals surface area contributed by atoms with Gasteiger partial charge in [0.2, 0.25) is 5.91 Å². The lowest BCUT2D eigenvalue weighted by Gasteiger charge is -2.06. The van der Waals surface area contributed by atoms with Crippen LogP contribution in [0.2, 0.25) is 0 Å². The lowest BCUT2D eigenvalue weighted by atomic mass is 10.2. The summed E-state index contributed by atoms with van der Waals surface area (Å²) in [5, 5.41) is 18.4. The van der Waals surface area contributed by atoms with E-state index < -0.39 is 17.8 Å². The summed E-state index contributed by atoms with van der Waals surface area (Å²) in [7, 11) is 0. The zero-order chi connectivity index (χ0) is 14.9. The molecule has 2 aromatic rings. The minimum absolute atomic E-state index is 0.152. The van der Waals surface area contributed by atoms with Crippen LogP contribution in [0.4, 0.5) is 0 Å². The van der Waals surface area contributed by atoms with Crippen molar-refractivity contribution in [2.45, 2.75) is 19.8 Å². The van der Waals surface area contributed by atoms with E-state index in [0.29, 0.717) is 10.9 Å². The molecule has 1 aromatic carbocycles. The summed E-state index contributed by atoms with van der Waals surface area (Å²) in [6, 6.07) is 6.64. The van der Waals surface area contributed by atoms with Gasteiger partial charge in [-0.1, -0.05) is 11.6 Å². The van der Waals surface area contributed by atoms with Gasteiger partial charge in [-0.25, -0.2) is 4.79 Å². The molecule has 1 aromatic heterocycles. The van der Waals surface area contributed by atoms with Crippen molar-refractivity contribution in [2.24, 2.45) is 0 Å². The Morgan fingerprint density at radius 1 is 1.10 bits per heavy atom. The third kappa shape index (κ3) is 2.54. The molecule has 0 saturated heterocycles. The Morgan fingerprint density at radius 2 is 1.80 bits per heavy atom. The summed E-state index contributed by atoms with van der Waals surface area (Å²) < 4.78 is 1.07. The number of carboxylic acids is 2. The summed E-state index contributed by atoms with van der Waals surface area (Å²) in [5.74, 6) is -2.85. The quantitative estimate of drug-likeness (QED) is 0.891. The van der Waals surface area contributed by atoms with E-state index in [0.717, 1.165) is 10.1 Å². The summed E-state index contributed by atoms with van der Waals surface area (Å²) in [6.07, 6.45) is -0.573. The van der Waals surface area contributed by atoms with Crippen molar-refractivity contribution in [3.63, 3.8) is 0 Å². The van der Waals surface area contributed by atoms with Crippen molar-refractivity contribution in [3.05, 3.63) is 35.5 Å². The second-order valence-electron chi connectivity index (χ2n) is 4.52. The van der Waals surface area contributed by atoms with E-state index in [1.807, 2.05) is 6.92 Å². The smallest absolute Gasteiger partial charge is 0.352 e. The first kappa shape index (κ1) is 13.8. The zero-order valence-corrected chi connectivity index (χ0v) is 10.8. The van der Waals surface area contributed by atoms with E-state index in [1.165, 1.54) is 6.07 Å². The first-order chi connectivity index (χ1) is 9.40. The summed E-state index contributed by atoms with van der Waals surface area (Å²) in [6.45, 7) is 1.86. The molecule has 2 rings (SSSR count). The van der Waals surface area contributed by atoms with Gasteiger partial charge in [0.25, 0.3) is 0 Å². The van der Waals surface area contributed by atoms with Crippen molar-refractivity contribution >= 4 is 28.7 Å². The number of carbonyl (C=O) groups is 3. The Bertz CT molecular complexity index is 714. The van der Waals surface area contributed by atoms with Crippen molar-refractivity contribution in [3.8, 4) is 0 Å². The molecule has 0 saturated carbocycles. The number of rotatable bonds is 4. The molecule has 2 N–H and O–H groups in total. The lowest BCUT2D eigenvalue weighted by Crippen LogP contribution is -2.17. The average Bonchev–Trinajstić information content (AvgIpc) is 2.74. The molecule has 6 nitrogen and oxygen atoms in total. The van der Waals surface area contributed by atoms with E-state index in [-0.39, 0.29) is 18.5 Å². The second-order valence-corrected chi connectivity index (χ2v) is 4.52. The highest BCUT2D eigenvalue weighted by molar-refractivity contribution is 6.02. The lowest BCUT2D eigenvalue weighted by molar-refractivity contribution is -0.137. The molecule has 0 bridgehead atoms. The minimum Gasteiger partial charge on any atom is -0.481 e. The fraction of sp³-hybridized carbons (Fsp3) is 0.214. The molecule has 0 spiro atoms. The van der Waals surface area contributed by atoms with Crippen molar-refractivity contribution in [2.75, 3.05) is 0 Å². The number of benzene rings is 1. The molecule has 104 valence electrons. The first-order valence-electron chi connectivity index (χ1n) is 6.00. The summed E-state index contributed by atoms with van der Waals surface area (Å²) >= 11 is 0. The molecule has 0 aliphatic rings. The largest absolute Gasteiger partial charge is 0.481 e. The maximum Gasteiger partial charge on any atom is 0.352 e. The maximum absolute atomic E-state index is 12.1. The van der Waals surface area contributed by atoms with Gasteiger partial charge in [0.05, 0.1) is 11.9 Å². The summed E-state index contributed by atoms with van der Waals surface area (Å²) in [4.78, 5) is 33.8. The number of carbonyl (C=O) groups excluding carboxylic acids is 1. The Balaban J connectivity index is 2.54. The monoisotopic (exact) mass is 275 g/mol. The molecule has 0 atom stereocenters. The molecule has 0 fully saturated rings. The van der Waals surface area contributed by atoms with Gasteiger partial charge < -0.3 is 10.2 Å². The number of nitrogens with zero attached hydrogens (tertiary/aromatic N) is 1. The minimum atomic E-state index is -1.22. The average molecular weight is 275 g/mol. The Kier molecular flexibility index (Phi) is 3.56. The van der Waals surface area contributed by atoms with E-state index in [4.69, 9.17) is 5.11 Å². The van der Waals surface area contributed by atoms with Crippen LogP contribution in [0, 0.1) is 6.92 Å². The highest BCUT2D eigenvalue weighted by Crippen LogP contribution is 2.22. The molecular weight excluding hydrogens is 262 g/mol. The number of aromatic carboxylic acids is 1. The zero-order valence-electron chi connectivity index (χ0n) is 10.8. The van der Waals surface area contributed by atoms with Gasteiger partial charge in [0.15, 0.2) is 0 Å². The molecule has 1 heterocycles. The van der Waals surface area contributed by atoms with Gasteiger partial charge in [0, 0.05) is 11.8 Å². The fourth-order valence-corrected chi connectivity index (χ4v) is 2.09. The van der Waals surface area contributed by atoms with Gasteiger partial charge in [-0.15, -0.1) is 0 Å².